The molecule has 5 N–H and O–H groups in total. The monoisotopic (exact) mass is 485 g/mol. The molecule has 0 radical (unpaired) electrons. The number of fused-ring (bicyclic) bond motifs is 3. The molecular formula is C25H31N3O7. The quantitative estimate of drug-likeness (QED) is 0.224. The topological polar surface area (TPSA) is 146 Å². The van der Waals surface area contributed by atoms with Crippen LogP contribution in [0, 0.1) is 0 Å². The van der Waals surface area contributed by atoms with Crippen LogP contribution in [0.25, 0.3) is 11.1 Å². The molecule has 0 saturated carbocycles. The van der Waals surface area contributed by atoms with E-state index in [-0.39, 0.29) is 44.5 Å². The van der Waals surface area contributed by atoms with Crippen molar-refractivity contribution < 1.29 is 34.1 Å². The van der Waals surface area contributed by atoms with E-state index in [0.717, 1.165) is 22.3 Å². The molecule has 0 aromatic heterocycles. The number of nitrogens with one attached hydrogen (secondary N) is 3. The smallest absolute Gasteiger partial charge is 0.426 e. The Morgan fingerprint density at radius 2 is 1.54 bits per heavy atom. The fourth-order valence-corrected chi connectivity index (χ4v) is 3.81. The Balaban J connectivity index is 1.30. The Kier molecular flexibility index (Phi) is 10.0. The van der Waals surface area contributed by atoms with Gasteiger partial charge in [-0.3, -0.25) is 15.0 Å². The second-order valence-corrected chi connectivity index (χ2v) is 8.11. The zero-order chi connectivity index (χ0) is 25.0. The zero-order valence-corrected chi connectivity index (χ0v) is 19.4. The Labute approximate surface area is 203 Å². The van der Waals surface area contributed by atoms with Crippen LogP contribution in [0.3, 0.4) is 0 Å². The molecule has 10 nitrogen and oxygen atoms in total. The average Bonchev–Trinajstić information content (AvgIpc) is 3.20. The van der Waals surface area contributed by atoms with Gasteiger partial charge in [-0.25, -0.2) is 10.2 Å². The molecule has 1 aliphatic rings. The number of ether oxygens (including phenoxy) is 2. The van der Waals surface area contributed by atoms with Gasteiger partial charge in [0, 0.05) is 31.9 Å². The normalized spacial score (nSPS) is 12.9. The van der Waals surface area contributed by atoms with Gasteiger partial charge in [-0.1, -0.05) is 48.5 Å². The number of hydrogen-bond acceptors (Lipinski definition) is 7. The first-order valence-corrected chi connectivity index (χ1v) is 11.5. The highest BCUT2D eigenvalue weighted by molar-refractivity contribution is 5.84. The molecule has 0 bridgehead atoms. The molecule has 1 aliphatic carbocycles. The van der Waals surface area contributed by atoms with Crippen molar-refractivity contribution in [1.29, 1.82) is 0 Å². The summed E-state index contributed by atoms with van der Waals surface area (Å²) in [5.74, 6) is -0.913. The number of aliphatic hydroxyl groups excluding tert-OH is 2. The number of aliphatic hydroxyl groups is 2. The van der Waals surface area contributed by atoms with E-state index in [1.165, 1.54) is 0 Å². The van der Waals surface area contributed by atoms with Crippen LogP contribution in [0.2, 0.25) is 0 Å². The van der Waals surface area contributed by atoms with Gasteiger partial charge in [-0.05, 0) is 28.7 Å². The molecule has 1 unspecified atom stereocenters. The van der Waals surface area contributed by atoms with Gasteiger partial charge in [0.25, 0.3) is 0 Å². The van der Waals surface area contributed by atoms with Crippen LogP contribution in [0.1, 0.15) is 36.3 Å². The molecule has 3 rings (SSSR count). The Hall–Kier alpha value is -3.47. The Bertz CT molecular complexity index is 969. The second kappa shape index (κ2) is 13.4. The molecule has 0 fully saturated rings. The molecule has 3 amide bonds. The van der Waals surface area contributed by atoms with Gasteiger partial charge in [0.05, 0.1) is 13.2 Å². The minimum Gasteiger partial charge on any atom is -0.447 e. The van der Waals surface area contributed by atoms with Crippen LogP contribution in [0.5, 0.6) is 0 Å². The fourth-order valence-electron chi connectivity index (χ4n) is 3.81. The third-order valence-corrected chi connectivity index (χ3v) is 5.54. The van der Waals surface area contributed by atoms with E-state index < -0.39 is 18.1 Å². The summed E-state index contributed by atoms with van der Waals surface area (Å²) in [6.45, 7) is 0.465. The molecule has 2 aromatic carbocycles. The van der Waals surface area contributed by atoms with Crippen molar-refractivity contribution in [3.63, 3.8) is 0 Å². The van der Waals surface area contributed by atoms with Crippen molar-refractivity contribution in [2.24, 2.45) is 0 Å². The summed E-state index contributed by atoms with van der Waals surface area (Å²) in [5, 5.41) is 20.5. The Morgan fingerprint density at radius 3 is 2.20 bits per heavy atom. The van der Waals surface area contributed by atoms with Gasteiger partial charge in [0.1, 0.15) is 12.7 Å². The van der Waals surface area contributed by atoms with Gasteiger partial charge in [0.15, 0.2) is 0 Å². The van der Waals surface area contributed by atoms with E-state index >= 15 is 0 Å². The molecule has 0 saturated heterocycles. The van der Waals surface area contributed by atoms with E-state index in [9.17, 15) is 14.4 Å². The largest absolute Gasteiger partial charge is 0.447 e. The van der Waals surface area contributed by atoms with Crippen LogP contribution in [-0.2, 0) is 19.1 Å². The van der Waals surface area contributed by atoms with Gasteiger partial charge >= 0.3 is 6.09 Å². The number of carbonyl (C=O) groups excluding carboxylic acids is 3. The van der Waals surface area contributed by atoms with Crippen molar-refractivity contribution >= 4 is 17.9 Å². The first kappa shape index (κ1) is 26.1. The zero-order valence-electron chi connectivity index (χ0n) is 19.4. The first-order chi connectivity index (χ1) is 17.0. The van der Waals surface area contributed by atoms with Crippen molar-refractivity contribution in [1.82, 2.24) is 16.2 Å². The van der Waals surface area contributed by atoms with E-state index in [0.29, 0.717) is 19.6 Å². The lowest BCUT2D eigenvalue weighted by atomic mass is 9.98. The van der Waals surface area contributed by atoms with Crippen molar-refractivity contribution in [2.45, 2.75) is 31.3 Å². The van der Waals surface area contributed by atoms with Crippen LogP contribution in [0.15, 0.2) is 48.5 Å². The van der Waals surface area contributed by atoms with Crippen molar-refractivity contribution in [3.8, 4) is 11.1 Å². The maximum atomic E-state index is 12.1. The van der Waals surface area contributed by atoms with Crippen LogP contribution >= 0.6 is 0 Å². The summed E-state index contributed by atoms with van der Waals surface area (Å²) in [6, 6.07) is 16.0. The lowest BCUT2D eigenvalue weighted by Crippen LogP contribution is -2.42. The third kappa shape index (κ3) is 7.78. The summed E-state index contributed by atoms with van der Waals surface area (Å²) in [5.41, 5.74) is 8.88. The maximum Gasteiger partial charge on any atom is 0.426 e. The molecule has 10 heteroatoms. The van der Waals surface area contributed by atoms with E-state index in [1.54, 1.807) is 0 Å². The highest BCUT2D eigenvalue weighted by atomic mass is 16.6. The highest BCUT2D eigenvalue weighted by Crippen LogP contribution is 2.44. The number of rotatable bonds is 12. The lowest BCUT2D eigenvalue weighted by Gasteiger charge is -2.14. The highest BCUT2D eigenvalue weighted by Gasteiger charge is 2.29. The first-order valence-electron chi connectivity index (χ1n) is 11.5. The number of benzene rings is 2. The van der Waals surface area contributed by atoms with Crippen LogP contribution < -0.4 is 16.2 Å². The average molecular weight is 486 g/mol. The molecule has 1 atom stereocenters. The Morgan fingerprint density at radius 1 is 0.914 bits per heavy atom. The molecule has 0 aliphatic heterocycles. The van der Waals surface area contributed by atoms with E-state index in [4.69, 9.17) is 19.7 Å². The van der Waals surface area contributed by atoms with Crippen LogP contribution in [0.4, 0.5) is 4.79 Å². The summed E-state index contributed by atoms with van der Waals surface area (Å²) < 4.78 is 10.5. The SMILES string of the molecule is O=C(CCC(=O)NNC(=O)OCC1c2ccccc2-c2ccccc21)NCCCOCC(O)CO. The van der Waals surface area contributed by atoms with Gasteiger partial charge in [-0.2, -0.15) is 0 Å². The summed E-state index contributed by atoms with van der Waals surface area (Å²) in [6.07, 6.45) is -1.31. The maximum absolute atomic E-state index is 12.1. The predicted octanol–water partition coefficient (Wildman–Crippen LogP) is 1.21. The molecular weight excluding hydrogens is 454 g/mol. The second-order valence-electron chi connectivity index (χ2n) is 8.11. The summed E-state index contributed by atoms with van der Waals surface area (Å²) in [7, 11) is 0. The van der Waals surface area contributed by atoms with Crippen molar-refractivity contribution in [2.75, 3.05) is 33.0 Å². The van der Waals surface area contributed by atoms with Crippen LogP contribution in [-0.4, -0.2) is 67.2 Å². The van der Waals surface area contributed by atoms with Gasteiger partial charge in [0.2, 0.25) is 11.8 Å². The standard InChI is InChI=1S/C25H31N3O7/c29-14-17(30)15-34-13-5-12-26-23(31)10-11-24(32)27-28-25(33)35-16-22-20-8-3-1-6-18(20)19-7-2-4-9-21(19)22/h1-4,6-9,17,22,29-30H,5,10-16H2,(H,26,31)(H,27,32)(H,28,33). The third-order valence-electron chi connectivity index (χ3n) is 5.54. The van der Waals surface area contributed by atoms with Crippen molar-refractivity contribution in [3.05, 3.63) is 59.7 Å². The van der Waals surface area contributed by atoms with Gasteiger partial charge in [-0.15, -0.1) is 0 Å². The molecule has 0 spiro atoms. The summed E-state index contributed by atoms with van der Waals surface area (Å²) >= 11 is 0. The number of amides is 3. The molecule has 35 heavy (non-hydrogen) atoms. The molecule has 188 valence electrons. The fraction of sp³-hybridized carbons (Fsp3) is 0.400. The number of carbonyl (C=O) groups is 3. The molecule has 2 aromatic rings. The number of hydrogen-bond donors (Lipinski definition) is 5. The summed E-state index contributed by atoms with van der Waals surface area (Å²) in [4.78, 5) is 35.8. The predicted molar refractivity (Wildman–Crippen MR) is 127 cm³/mol. The van der Waals surface area contributed by atoms with E-state index in [2.05, 4.69) is 16.2 Å². The lowest BCUT2D eigenvalue weighted by molar-refractivity contribution is -0.126. The molecule has 0 heterocycles. The minimum absolute atomic E-state index is 0.0291. The number of hydrazine groups is 1. The van der Waals surface area contributed by atoms with E-state index in [1.807, 2.05) is 48.5 Å². The van der Waals surface area contributed by atoms with Gasteiger partial charge < -0.3 is 25.0 Å². The minimum atomic E-state index is -0.912.